The van der Waals surface area contributed by atoms with Crippen LogP contribution in [-0.4, -0.2) is 29.3 Å². The summed E-state index contributed by atoms with van der Waals surface area (Å²) in [6.45, 7) is 4.74. The molecule has 5 heteroatoms. The maximum absolute atomic E-state index is 14.0. The first-order valence-corrected chi connectivity index (χ1v) is 9.41. The summed E-state index contributed by atoms with van der Waals surface area (Å²) in [5.41, 5.74) is 1.27. The Morgan fingerprint density at radius 3 is 2.33 bits per heavy atom. The first-order chi connectivity index (χ1) is 13.1. The van der Waals surface area contributed by atoms with Gasteiger partial charge < -0.3 is 10.2 Å². The molecular formula is C22H27FN2O2. The Morgan fingerprint density at radius 1 is 1.04 bits per heavy atom. The molecule has 0 spiro atoms. The fourth-order valence-electron chi connectivity index (χ4n) is 2.97. The lowest BCUT2D eigenvalue weighted by Crippen LogP contribution is -2.49. The highest BCUT2D eigenvalue weighted by atomic mass is 19.1. The number of hydrogen-bond acceptors (Lipinski definition) is 2. The van der Waals surface area contributed by atoms with E-state index in [2.05, 4.69) is 5.32 Å². The van der Waals surface area contributed by atoms with E-state index in [0.717, 1.165) is 12.0 Å². The monoisotopic (exact) mass is 370 g/mol. The molecule has 0 radical (unpaired) electrons. The van der Waals surface area contributed by atoms with Crippen LogP contribution in [0.2, 0.25) is 0 Å². The second-order valence-electron chi connectivity index (χ2n) is 6.49. The molecule has 2 aromatic rings. The number of rotatable bonds is 9. The smallest absolute Gasteiger partial charge is 0.242 e. The molecular weight excluding hydrogens is 343 g/mol. The summed E-state index contributed by atoms with van der Waals surface area (Å²) in [5, 5.41) is 2.87. The van der Waals surface area contributed by atoms with Crippen LogP contribution in [0.1, 0.15) is 37.8 Å². The van der Waals surface area contributed by atoms with E-state index in [1.54, 1.807) is 23.1 Å². The predicted octanol–water partition coefficient (Wildman–Crippen LogP) is 3.70. The molecule has 0 heterocycles. The second kappa shape index (κ2) is 10.5. The zero-order valence-electron chi connectivity index (χ0n) is 16.0. The molecule has 0 aliphatic carbocycles. The zero-order valence-corrected chi connectivity index (χ0v) is 16.0. The minimum absolute atomic E-state index is 0.0724. The highest BCUT2D eigenvalue weighted by molar-refractivity contribution is 5.88. The van der Waals surface area contributed by atoms with Gasteiger partial charge >= 0.3 is 0 Å². The number of carbonyl (C=O) groups is 2. The van der Waals surface area contributed by atoms with Gasteiger partial charge in [-0.15, -0.1) is 0 Å². The molecule has 144 valence electrons. The van der Waals surface area contributed by atoms with Gasteiger partial charge in [0.15, 0.2) is 0 Å². The van der Waals surface area contributed by atoms with E-state index < -0.39 is 11.9 Å². The average Bonchev–Trinajstić information content (AvgIpc) is 2.68. The predicted molar refractivity (Wildman–Crippen MR) is 104 cm³/mol. The van der Waals surface area contributed by atoms with Crippen LogP contribution in [0, 0.1) is 5.82 Å². The third kappa shape index (κ3) is 5.91. The molecule has 0 saturated heterocycles. The summed E-state index contributed by atoms with van der Waals surface area (Å²) >= 11 is 0. The number of benzene rings is 2. The number of amides is 2. The Balaban J connectivity index is 2.25. The van der Waals surface area contributed by atoms with E-state index in [1.165, 1.54) is 6.07 Å². The minimum atomic E-state index is -0.587. The van der Waals surface area contributed by atoms with E-state index in [0.29, 0.717) is 25.1 Å². The molecule has 0 aliphatic rings. The van der Waals surface area contributed by atoms with Crippen LogP contribution in [0.5, 0.6) is 0 Å². The van der Waals surface area contributed by atoms with Crippen LogP contribution in [0.25, 0.3) is 0 Å². The topological polar surface area (TPSA) is 49.4 Å². The summed E-state index contributed by atoms with van der Waals surface area (Å²) in [5.74, 6) is -0.839. The van der Waals surface area contributed by atoms with E-state index in [1.807, 2.05) is 44.2 Å². The van der Waals surface area contributed by atoms with Crippen LogP contribution in [0.3, 0.4) is 0 Å². The Bertz CT molecular complexity index is 749. The van der Waals surface area contributed by atoms with Crippen molar-refractivity contribution in [2.75, 3.05) is 6.54 Å². The summed E-state index contributed by atoms with van der Waals surface area (Å²) in [6.07, 6.45) is 1.24. The number of halogens is 1. The molecule has 4 nitrogen and oxygen atoms in total. The summed E-state index contributed by atoms with van der Waals surface area (Å²) in [6, 6.07) is 15.2. The molecule has 0 saturated carbocycles. The van der Waals surface area contributed by atoms with Gasteiger partial charge in [0.05, 0.1) is 6.42 Å². The molecule has 0 aromatic heterocycles. The Hall–Kier alpha value is -2.69. The van der Waals surface area contributed by atoms with Gasteiger partial charge in [-0.25, -0.2) is 4.39 Å². The minimum Gasteiger partial charge on any atom is -0.354 e. The summed E-state index contributed by atoms with van der Waals surface area (Å²) in [7, 11) is 0. The first-order valence-electron chi connectivity index (χ1n) is 9.41. The largest absolute Gasteiger partial charge is 0.354 e. The lowest BCUT2D eigenvalue weighted by molar-refractivity contribution is -0.141. The Kier molecular flexibility index (Phi) is 7.99. The number of nitrogens with one attached hydrogen (secondary N) is 1. The third-order valence-corrected chi connectivity index (χ3v) is 4.43. The summed E-state index contributed by atoms with van der Waals surface area (Å²) < 4.78 is 14.0. The molecule has 1 atom stereocenters. The zero-order chi connectivity index (χ0) is 19.6. The van der Waals surface area contributed by atoms with E-state index in [9.17, 15) is 14.0 Å². The van der Waals surface area contributed by atoms with Crippen molar-refractivity contribution in [3.05, 3.63) is 71.5 Å². The van der Waals surface area contributed by atoms with Gasteiger partial charge in [0.25, 0.3) is 0 Å². The van der Waals surface area contributed by atoms with Crippen molar-refractivity contribution < 1.29 is 14.0 Å². The molecule has 2 aromatic carbocycles. The maximum atomic E-state index is 14.0. The van der Waals surface area contributed by atoms with E-state index in [-0.39, 0.29) is 18.2 Å². The SMILES string of the molecule is CCCNC(=O)[C@H](CC)N(Cc1ccccc1)C(=O)Cc1ccccc1F. The van der Waals surface area contributed by atoms with Crippen molar-refractivity contribution in [1.82, 2.24) is 10.2 Å². The Labute approximate surface area is 160 Å². The molecule has 27 heavy (non-hydrogen) atoms. The molecule has 2 amide bonds. The number of nitrogens with zero attached hydrogens (tertiary/aromatic N) is 1. The van der Waals surface area contributed by atoms with Crippen molar-refractivity contribution in [3.8, 4) is 0 Å². The Morgan fingerprint density at radius 2 is 1.70 bits per heavy atom. The van der Waals surface area contributed by atoms with Crippen LogP contribution in [0.15, 0.2) is 54.6 Å². The van der Waals surface area contributed by atoms with E-state index >= 15 is 0 Å². The fraction of sp³-hybridized carbons (Fsp3) is 0.364. The standard InChI is InChI=1S/C22H27FN2O2/c1-3-14-24-22(27)20(4-2)25(16-17-10-6-5-7-11-17)21(26)15-18-12-8-9-13-19(18)23/h5-13,20H,3-4,14-16H2,1-2H3,(H,24,27)/t20-/m0/s1. The average molecular weight is 370 g/mol. The van der Waals surface area contributed by atoms with Gasteiger partial charge in [0.1, 0.15) is 11.9 Å². The normalized spacial score (nSPS) is 11.7. The molecule has 2 rings (SSSR count). The van der Waals surface area contributed by atoms with Crippen molar-refractivity contribution in [1.29, 1.82) is 0 Å². The highest BCUT2D eigenvalue weighted by Crippen LogP contribution is 2.16. The van der Waals surface area contributed by atoms with Crippen LogP contribution >= 0.6 is 0 Å². The molecule has 0 bridgehead atoms. The molecule has 0 aliphatic heterocycles. The molecule has 0 fully saturated rings. The molecule has 0 unspecified atom stereocenters. The second-order valence-corrected chi connectivity index (χ2v) is 6.49. The van der Waals surface area contributed by atoms with Crippen LogP contribution in [0.4, 0.5) is 4.39 Å². The maximum Gasteiger partial charge on any atom is 0.242 e. The fourth-order valence-corrected chi connectivity index (χ4v) is 2.97. The van der Waals surface area contributed by atoms with Gasteiger partial charge in [-0.1, -0.05) is 62.4 Å². The van der Waals surface area contributed by atoms with Crippen molar-refractivity contribution >= 4 is 11.8 Å². The van der Waals surface area contributed by atoms with Gasteiger partial charge in [-0.3, -0.25) is 9.59 Å². The van der Waals surface area contributed by atoms with Gasteiger partial charge in [0, 0.05) is 13.1 Å². The van der Waals surface area contributed by atoms with Crippen molar-refractivity contribution in [2.45, 2.75) is 45.7 Å². The van der Waals surface area contributed by atoms with Crippen molar-refractivity contribution in [2.24, 2.45) is 0 Å². The van der Waals surface area contributed by atoms with Crippen LogP contribution in [-0.2, 0) is 22.6 Å². The summed E-state index contributed by atoms with van der Waals surface area (Å²) in [4.78, 5) is 27.2. The highest BCUT2D eigenvalue weighted by Gasteiger charge is 2.28. The van der Waals surface area contributed by atoms with E-state index in [4.69, 9.17) is 0 Å². The lowest BCUT2D eigenvalue weighted by Gasteiger charge is -2.30. The first kappa shape index (κ1) is 20.6. The van der Waals surface area contributed by atoms with Gasteiger partial charge in [0.2, 0.25) is 11.8 Å². The molecule has 1 N–H and O–H groups in total. The van der Waals surface area contributed by atoms with Gasteiger partial charge in [-0.2, -0.15) is 0 Å². The van der Waals surface area contributed by atoms with Crippen molar-refractivity contribution in [3.63, 3.8) is 0 Å². The lowest BCUT2D eigenvalue weighted by atomic mass is 10.1. The van der Waals surface area contributed by atoms with Crippen LogP contribution < -0.4 is 5.32 Å². The quantitative estimate of drug-likeness (QED) is 0.732. The third-order valence-electron chi connectivity index (χ3n) is 4.43. The van der Waals surface area contributed by atoms with Gasteiger partial charge in [-0.05, 0) is 30.0 Å². The number of hydrogen-bond donors (Lipinski definition) is 1. The number of carbonyl (C=O) groups excluding carboxylic acids is 2.